The lowest BCUT2D eigenvalue weighted by molar-refractivity contribution is -0.122. The molecule has 0 amide bonds. The van der Waals surface area contributed by atoms with Gasteiger partial charge >= 0.3 is 0 Å². The average Bonchev–Trinajstić information content (AvgIpc) is 2.83. The molecule has 1 saturated heterocycles. The van der Waals surface area contributed by atoms with E-state index in [1.165, 1.54) is 22.1 Å². The van der Waals surface area contributed by atoms with E-state index in [4.69, 9.17) is 19.6 Å². The summed E-state index contributed by atoms with van der Waals surface area (Å²) >= 11 is 0. The molecule has 1 aromatic heterocycles. The van der Waals surface area contributed by atoms with Crippen molar-refractivity contribution in [3.05, 3.63) is 60.2 Å². The number of pyridine rings is 1. The monoisotopic (exact) mass is 421 g/mol. The SMILES string of the molecule is CCN(C)c1cc(-c2ccccc2)c2cc(CCN3CCOCC3)ccc2n1.O=CO. The Morgan fingerprint density at radius 3 is 2.52 bits per heavy atom. The second-order valence-electron chi connectivity index (χ2n) is 7.57. The molecule has 0 unspecified atom stereocenters. The summed E-state index contributed by atoms with van der Waals surface area (Å²) in [7, 11) is 2.10. The Morgan fingerprint density at radius 2 is 1.84 bits per heavy atom. The van der Waals surface area contributed by atoms with E-state index in [-0.39, 0.29) is 6.47 Å². The lowest BCUT2D eigenvalue weighted by atomic mass is 9.98. The maximum absolute atomic E-state index is 8.36. The highest BCUT2D eigenvalue weighted by molar-refractivity contribution is 5.96. The van der Waals surface area contributed by atoms with Gasteiger partial charge in [-0.1, -0.05) is 36.4 Å². The van der Waals surface area contributed by atoms with Crippen molar-refractivity contribution in [1.29, 1.82) is 0 Å². The van der Waals surface area contributed by atoms with Gasteiger partial charge in [0.1, 0.15) is 5.82 Å². The Balaban J connectivity index is 0.000000858. The number of morpholine rings is 1. The fraction of sp³-hybridized carbons (Fsp3) is 0.360. The van der Waals surface area contributed by atoms with Crippen LogP contribution in [0, 0.1) is 0 Å². The highest BCUT2D eigenvalue weighted by atomic mass is 16.5. The maximum Gasteiger partial charge on any atom is 0.290 e. The van der Waals surface area contributed by atoms with E-state index in [1.807, 2.05) is 0 Å². The minimum absolute atomic E-state index is 0.250. The topological polar surface area (TPSA) is 65.9 Å². The molecule has 0 saturated carbocycles. The first kappa shape index (κ1) is 22.7. The van der Waals surface area contributed by atoms with Crippen molar-refractivity contribution in [2.24, 2.45) is 0 Å². The predicted octanol–water partition coefficient (Wildman–Crippen LogP) is 3.93. The molecule has 6 heteroatoms. The van der Waals surface area contributed by atoms with Gasteiger partial charge in [-0.3, -0.25) is 9.69 Å². The molecule has 0 bridgehead atoms. The average molecular weight is 422 g/mol. The van der Waals surface area contributed by atoms with Crippen LogP contribution >= 0.6 is 0 Å². The van der Waals surface area contributed by atoms with Crippen molar-refractivity contribution in [1.82, 2.24) is 9.88 Å². The van der Waals surface area contributed by atoms with Gasteiger partial charge in [-0.2, -0.15) is 0 Å². The van der Waals surface area contributed by atoms with Crippen LogP contribution in [0.25, 0.3) is 22.0 Å². The first-order valence-electron chi connectivity index (χ1n) is 10.7. The molecule has 1 N–H and O–H groups in total. The molecule has 2 heterocycles. The predicted molar refractivity (Wildman–Crippen MR) is 126 cm³/mol. The van der Waals surface area contributed by atoms with Gasteiger partial charge in [0.05, 0.1) is 18.7 Å². The van der Waals surface area contributed by atoms with Crippen molar-refractivity contribution >= 4 is 23.2 Å². The van der Waals surface area contributed by atoms with E-state index >= 15 is 0 Å². The molecule has 31 heavy (non-hydrogen) atoms. The third-order valence-corrected chi connectivity index (χ3v) is 5.63. The van der Waals surface area contributed by atoms with Gasteiger partial charge in [-0.25, -0.2) is 4.98 Å². The van der Waals surface area contributed by atoms with Crippen LogP contribution in [0.1, 0.15) is 12.5 Å². The number of carbonyl (C=O) groups is 1. The summed E-state index contributed by atoms with van der Waals surface area (Å²) < 4.78 is 5.46. The summed E-state index contributed by atoms with van der Waals surface area (Å²) in [5, 5.41) is 8.12. The number of hydrogen-bond donors (Lipinski definition) is 1. The Hall–Kier alpha value is -2.96. The Bertz CT molecular complexity index is 972. The quantitative estimate of drug-likeness (QED) is 0.609. The van der Waals surface area contributed by atoms with E-state index in [9.17, 15) is 0 Å². The van der Waals surface area contributed by atoms with Crippen molar-refractivity contribution in [3.63, 3.8) is 0 Å². The Labute approximate surface area is 184 Å². The van der Waals surface area contributed by atoms with Crippen molar-refractivity contribution in [2.75, 3.05) is 51.3 Å². The highest BCUT2D eigenvalue weighted by Crippen LogP contribution is 2.32. The molecule has 0 spiro atoms. The molecule has 0 atom stereocenters. The largest absolute Gasteiger partial charge is 0.483 e. The first-order valence-corrected chi connectivity index (χ1v) is 10.7. The molecule has 0 aliphatic carbocycles. The molecule has 0 radical (unpaired) electrons. The van der Waals surface area contributed by atoms with Crippen LogP contribution in [0.2, 0.25) is 0 Å². The fourth-order valence-electron chi connectivity index (χ4n) is 3.74. The smallest absolute Gasteiger partial charge is 0.290 e. The van der Waals surface area contributed by atoms with Gasteiger partial charge < -0.3 is 14.7 Å². The summed E-state index contributed by atoms with van der Waals surface area (Å²) in [5.74, 6) is 1.02. The lowest BCUT2D eigenvalue weighted by Gasteiger charge is -2.26. The highest BCUT2D eigenvalue weighted by Gasteiger charge is 2.13. The van der Waals surface area contributed by atoms with Crippen LogP contribution in [0.5, 0.6) is 0 Å². The van der Waals surface area contributed by atoms with Gasteiger partial charge in [0.15, 0.2) is 0 Å². The minimum atomic E-state index is -0.250. The Morgan fingerprint density at radius 1 is 1.13 bits per heavy atom. The molecular formula is C25H31N3O3. The molecule has 1 fully saturated rings. The number of benzene rings is 2. The summed E-state index contributed by atoms with van der Waals surface area (Å²) in [6.07, 6.45) is 1.06. The van der Waals surface area contributed by atoms with Crippen LogP contribution < -0.4 is 4.90 Å². The van der Waals surface area contributed by atoms with E-state index in [0.29, 0.717) is 0 Å². The lowest BCUT2D eigenvalue weighted by Crippen LogP contribution is -2.37. The maximum atomic E-state index is 8.36. The number of nitrogens with zero attached hydrogens (tertiary/aromatic N) is 3. The Kier molecular flexibility index (Phi) is 8.38. The van der Waals surface area contributed by atoms with Gasteiger partial charge in [0, 0.05) is 38.6 Å². The van der Waals surface area contributed by atoms with E-state index in [2.05, 4.69) is 78.4 Å². The second-order valence-corrected chi connectivity index (χ2v) is 7.57. The number of aromatic nitrogens is 1. The number of anilines is 1. The van der Waals surface area contributed by atoms with E-state index < -0.39 is 0 Å². The molecule has 164 valence electrons. The number of fused-ring (bicyclic) bond motifs is 1. The first-order chi connectivity index (χ1) is 15.2. The molecule has 4 rings (SSSR count). The summed E-state index contributed by atoms with van der Waals surface area (Å²) in [4.78, 5) is 18.0. The second kappa shape index (κ2) is 11.4. The standard InChI is InChI=1S/C24H29N3O.CH2O2/c1-3-26(2)24-18-21(20-7-5-4-6-8-20)22-17-19(9-10-23(22)25-24)11-12-27-13-15-28-16-14-27;2-1-3/h4-10,17-18H,3,11-16H2,1-2H3;1H,(H,2,3). The van der Waals surface area contributed by atoms with Crippen LogP contribution in [-0.4, -0.2) is 67.9 Å². The summed E-state index contributed by atoms with van der Waals surface area (Å²) in [6.45, 7) is 7.71. The molecular weight excluding hydrogens is 390 g/mol. The molecule has 6 nitrogen and oxygen atoms in total. The minimum Gasteiger partial charge on any atom is -0.483 e. The van der Waals surface area contributed by atoms with Crippen LogP contribution in [0.15, 0.2) is 54.6 Å². The third kappa shape index (κ3) is 6.03. The van der Waals surface area contributed by atoms with E-state index in [0.717, 1.165) is 57.1 Å². The molecule has 1 aliphatic rings. The van der Waals surface area contributed by atoms with Crippen molar-refractivity contribution < 1.29 is 14.6 Å². The van der Waals surface area contributed by atoms with Crippen LogP contribution in [0.3, 0.4) is 0 Å². The number of carboxylic acid groups (broad SMARTS) is 1. The van der Waals surface area contributed by atoms with E-state index in [1.54, 1.807) is 0 Å². The normalized spacial score (nSPS) is 14.0. The summed E-state index contributed by atoms with van der Waals surface area (Å²) in [6, 6.07) is 19.6. The third-order valence-electron chi connectivity index (χ3n) is 5.63. The fourth-order valence-corrected chi connectivity index (χ4v) is 3.74. The van der Waals surface area contributed by atoms with Gasteiger partial charge in [0.25, 0.3) is 6.47 Å². The van der Waals surface area contributed by atoms with Crippen LogP contribution in [-0.2, 0) is 16.0 Å². The number of rotatable bonds is 6. The number of hydrogen-bond acceptors (Lipinski definition) is 5. The zero-order valence-corrected chi connectivity index (χ0v) is 18.3. The molecule has 2 aromatic carbocycles. The molecule has 1 aliphatic heterocycles. The zero-order valence-electron chi connectivity index (χ0n) is 18.3. The van der Waals surface area contributed by atoms with Crippen LogP contribution in [0.4, 0.5) is 5.82 Å². The van der Waals surface area contributed by atoms with Gasteiger partial charge in [-0.15, -0.1) is 0 Å². The van der Waals surface area contributed by atoms with Crippen molar-refractivity contribution in [2.45, 2.75) is 13.3 Å². The zero-order chi connectivity index (χ0) is 22.1. The summed E-state index contributed by atoms with van der Waals surface area (Å²) in [5.41, 5.74) is 4.93. The molecule has 3 aromatic rings. The van der Waals surface area contributed by atoms with Gasteiger partial charge in [0.2, 0.25) is 0 Å². The van der Waals surface area contributed by atoms with Crippen molar-refractivity contribution in [3.8, 4) is 11.1 Å². The number of ether oxygens (including phenoxy) is 1. The van der Waals surface area contributed by atoms with Gasteiger partial charge in [-0.05, 0) is 48.2 Å².